The molecule has 2 N–H and O–H groups in total. The molecule has 0 unspecified atom stereocenters. The van der Waals surface area contributed by atoms with Crippen LogP contribution >= 0.6 is 12.2 Å². The number of thiocarbonyl (C=S) groups is 1. The van der Waals surface area contributed by atoms with Crippen molar-refractivity contribution in [1.82, 2.24) is 0 Å². The largest absolute Gasteiger partial charge is 0.332 e. The second kappa shape index (κ2) is 7.06. The highest BCUT2D eigenvalue weighted by molar-refractivity contribution is 7.80. The standard InChI is InChI=1S/C17H20N2S/c1-3-13(2)14-9-11-16(12-10-14)19-17(20)18-15-7-5-4-6-8-15/h4-13H,3H2,1-2H3,(H2,18,19,20)/t13-/m0/s1. The zero-order chi connectivity index (χ0) is 14.4. The normalized spacial score (nSPS) is 11.7. The molecule has 0 bridgehead atoms. The Morgan fingerprint density at radius 2 is 1.50 bits per heavy atom. The summed E-state index contributed by atoms with van der Waals surface area (Å²) in [4.78, 5) is 0. The van der Waals surface area contributed by atoms with Crippen LogP contribution in [0.15, 0.2) is 54.6 Å². The van der Waals surface area contributed by atoms with E-state index in [1.54, 1.807) is 0 Å². The molecule has 0 radical (unpaired) electrons. The molecule has 1 atom stereocenters. The van der Waals surface area contributed by atoms with Gasteiger partial charge >= 0.3 is 0 Å². The molecule has 2 rings (SSSR count). The summed E-state index contributed by atoms with van der Waals surface area (Å²) in [6.07, 6.45) is 1.15. The summed E-state index contributed by atoms with van der Waals surface area (Å²) < 4.78 is 0. The van der Waals surface area contributed by atoms with Crippen LogP contribution in [0.3, 0.4) is 0 Å². The van der Waals surface area contributed by atoms with Gasteiger partial charge in [-0.05, 0) is 54.4 Å². The molecule has 0 heterocycles. The monoisotopic (exact) mass is 284 g/mol. The van der Waals surface area contributed by atoms with Gasteiger partial charge in [-0.3, -0.25) is 0 Å². The van der Waals surface area contributed by atoms with Crippen molar-refractivity contribution in [3.05, 3.63) is 60.2 Å². The highest BCUT2D eigenvalue weighted by Gasteiger charge is 2.03. The van der Waals surface area contributed by atoms with Gasteiger partial charge < -0.3 is 10.6 Å². The molecule has 3 heteroatoms. The van der Waals surface area contributed by atoms with Gasteiger partial charge in [0.1, 0.15) is 0 Å². The Bertz CT molecular complexity index is 549. The van der Waals surface area contributed by atoms with E-state index in [2.05, 4.69) is 48.7 Å². The van der Waals surface area contributed by atoms with Crippen LogP contribution in [-0.4, -0.2) is 5.11 Å². The van der Waals surface area contributed by atoms with Crippen LogP contribution in [0.2, 0.25) is 0 Å². The first-order valence-electron chi connectivity index (χ1n) is 6.92. The molecule has 2 aromatic carbocycles. The highest BCUT2D eigenvalue weighted by atomic mass is 32.1. The number of benzene rings is 2. The highest BCUT2D eigenvalue weighted by Crippen LogP contribution is 2.20. The van der Waals surface area contributed by atoms with Gasteiger partial charge in [0.25, 0.3) is 0 Å². The maximum absolute atomic E-state index is 5.30. The maximum atomic E-state index is 5.30. The summed E-state index contributed by atoms with van der Waals surface area (Å²) >= 11 is 5.30. The first-order valence-corrected chi connectivity index (χ1v) is 7.33. The van der Waals surface area contributed by atoms with Crippen molar-refractivity contribution in [3.8, 4) is 0 Å². The third-order valence-corrected chi connectivity index (χ3v) is 3.59. The zero-order valence-corrected chi connectivity index (χ0v) is 12.7. The lowest BCUT2D eigenvalue weighted by atomic mass is 9.99. The van der Waals surface area contributed by atoms with Gasteiger partial charge in [-0.15, -0.1) is 0 Å². The number of nitrogens with one attached hydrogen (secondary N) is 2. The quantitative estimate of drug-likeness (QED) is 0.772. The van der Waals surface area contributed by atoms with E-state index in [4.69, 9.17) is 12.2 Å². The van der Waals surface area contributed by atoms with Gasteiger partial charge in [-0.25, -0.2) is 0 Å². The number of para-hydroxylation sites is 1. The fraction of sp³-hybridized carbons (Fsp3) is 0.235. The molecule has 2 aromatic rings. The van der Waals surface area contributed by atoms with Crippen molar-refractivity contribution in [3.63, 3.8) is 0 Å². The Morgan fingerprint density at radius 3 is 2.05 bits per heavy atom. The average molecular weight is 284 g/mol. The van der Waals surface area contributed by atoms with Gasteiger partial charge in [-0.1, -0.05) is 44.2 Å². The maximum Gasteiger partial charge on any atom is 0.175 e. The number of hydrogen-bond acceptors (Lipinski definition) is 1. The number of hydrogen-bond donors (Lipinski definition) is 2. The fourth-order valence-electron chi connectivity index (χ4n) is 1.95. The summed E-state index contributed by atoms with van der Waals surface area (Å²) in [5.41, 5.74) is 3.35. The molecule has 20 heavy (non-hydrogen) atoms. The van der Waals surface area contributed by atoms with E-state index in [1.165, 1.54) is 5.56 Å². The van der Waals surface area contributed by atoms with Crippen LogP contribution in [0.5, 0.6) is 0 Å². The van der Waals surface area contributed by atoms with E-state index in [0.29, 0.717) is 11.0 Å². The molecule has 0 fully saturated rings. The molecule has 0 saturated heterocycles. The van der Waals surface area contributed by atoms with Crippen molar-refractivity contribution in [1.29, 1.82) is 0 Å². The number of rotatable bonds is 4. The lowest BCUT2D eigenvalue weighted by Crippen LogP contribution is -2.18. The summed E-state index contributed by atoms with van der Waals surface area (Å²) in [6.45, 7) is 4.44. The average Bonchev–Trinajstić information content (AvgIpc) is 2.48. The lowest BCUT2D eigenvalue weighted by molar-refractivity contribution is 0.734. The second-order valence-electron chi connectivity index (χ2n) is 4.88. The van der Waals surface area contributed by atoms with Crippen LogP contribution in [0.4, 0.5) is 11.4 Å². The molecule has 0 amide bonds. The topological polar surface area (TPSA) is 24.1 Å². The van der Waals surface area contributed by atoms with E-state index < -0.39 is 0 Å². The zero-order valence-electron chi connectivity index (χ0n) is 11.9. The first-order chi connectivity index (χ1) is 9.69. The van der Waals surface area contributed by atoms with Crippen molar-refractivity contribution in [2.75, 3.05) is 10.6 Å². The van der Waals surface area contributed by atoms with Gasteiger partial charge in [-0.2, -0.15) is 0 Å². The van der Waals surface area contributed by atoms with E-state index >= 15 is 0 Å². The van der Waals surface area contributed by atoms with E-state index in [9.17, 15) is 0 Å². The van der Waals surface area contributed by atoms with Crippen molar-refractivity contribution in [2.45, 2.75) is 26.2 Å². The molecular formula is C17H20N2S. The van der Waals surface area contributed by atoms with Gasteiger partial charge in [0, 0.05) is 11.4 Å². The summed E-state index contributed by atoms with van der Waals surface area (Å²) in [5, 5.41) is 6.96. The molecule has 0 saturated carbocycles. The van der Waals surface area contributed by atoms with Gasteiger partial charge in [0.15, 0.2) is 5.11 Å². The minimum absolute atomic E-state index is 0.596. The third-order valence-electron chi connectivity index (χ3n) is 3.38. The summed E-state index contributed by atoms with van der Waals surface area (Å²) in [6, 6.07) is 18.4. The van der Waals surface area contributed by atoms with Crippen LogP contribution < -0.4 is 10.6 Å². The minimum atomic E-state index is 0.596. The Balaban J connectivity index is 1.94. The molecule has 0 aliphatic heterocycles. The van der Waals surface area contributed by atoms with E-state index in [0.717, 1.165) is 17.8 Å². The predicted molar refractivity (Wildman–Crippen MR) is 91.4 cm³/mol. The van der Waals surface area contributed by atoms with Crippen molar-refractivity contribution in [2.24, 2.45) is 0 Å². The van der Waals surface area contributed by atoms with Crippen LogP contribution in [0, 0.1) is 0 Å². The molecule has 104 valence electrons. The summed E-state index contributed by atoms with van der Waals surface area (Å²) in [7, 11) is 0. The predicted octanol–water partition coefficient (Wildman–Crippen LogP) is 5.01. The first kappa shape index (κ1) is 14.5. The Kier molecular flexibility index (Phi) is 5.13. The van der Waals surface area contributed by atoms with E-state index in [-0.39, 0.29) is 0 Å². The Morgan fingerprint density at radius 1 is 0.950 bits per heavy atom. The van der Waals surface area contributed by atoms with E-state index in [1.807, 2.05) is 30.3 Å². The molecule has 0 spiro atoms. The molecule has 0 aliphatic rings. The Hall–Kier alpha value is -1.87. The second-order valence-corrected chi connectivity index (χ2v) is 5.28. The van der Waals surface area contributed by atoms with Crippen LogP contribution in [-0.2, 0) is 0 Å². The Labute approximate surface area is 126 Å². The molecule has 2 nitrogen and oxygen atoms in total. The fourth-order valence-corrected chi connectivity index (χ4v) is 2.18. The minimum Gasteiger partial charge on any atom is -0.332 e. The smallest absolute Gasteiger partial charge is 0.175 e. The van der Waals surface area contributed by atoms with Crippen molar-refractivity contribution < 1.29 is 0 Å². The van der Waals surface area contributed by atoms with Gasteiger partial charge in [0.05, 0.1) is 0 Å². The third kappa shape index (κ3) is 4.07. The van der Waals surface area contributed by atoms with Gasteiger partial charge in [0.2, 0.25) is 0 Å². The molecular weight excluding hydrogens is 264 g/mol. The molecule has 0 aromatic heterocycles. The van der Waals surface area contributed by atoms with Crippen LogP contribution in [0.1, 0.15) is 31.7 Å². The molecule has 0 aliphatic carbocycles. The lowest BCUT2D eigenvalue weighted by Gasteiger charge is -2.12. The van der Waals surface area contributed by atoms with Crippen LogP contribution in [0.25, 0.3) is 0 Å². The van der Waals surface area contributed by atoms with Crippen molar-refractivity contribution >= 4 is 28.7 Å². The SMILES string of the molecule is CC[C@H](C)c1ccc(NC(=S)Nc2ccccc2)cc1. The summed E-state index contributed by atoms with van der Waals surface area (Å²) in [5.74, 6) is 0.596. The number of anilines is 2.